The van der Waals surface area contributed by atoms with Crippen molar-refractivity contribution in [1.29, 1.82) is 0 Å². The first-order valence-electron chi connectivity index (χ1n) is 41.4. The van der Waals surface area contributed by atoms with E-state index in [2.05, 4.69) is 104 Å². The molecule has 0 saturated carbocycles. The van der Waals surface area contributed by atoms with E-state index in [0.29, 0.717) is 0 Å². The third kappa shape index (κ3) is 29.0. The number of unbranched alkanes of at least 4 members (excludes halogenated alkanes) is 52. The Kier molecular flexibility index (Phi) is 43.2. The molecular formula is C86H154S2Sn2. The number of thiophene rings is 2. The van der Waals surface area contributed by atoms with E-state index in [1.54, 1.807) is 32.0 Å². The monoisotopic (exact) mass is 1490 g/mol. The summed E-state index contributed by atoms with van der Waals surface area (Å²) in [6, 6.07) is 11.8. The van der Waals surface area contributed by atoms with Crippen LogP contribution in [0.4, 0.5) is 0 Å². The van der Waals surface area contributed by atoms with Gasteiger partial charge in [0.05, 0.1) is 0 Å². The van der Waals surface area contributed by atoms with Crippen molar-refractivity contribution < 1.29 is 0 Å². The molecular weight excluding hydrogens is 1330 g/mol. The zero-order valence-corrected chi connectivity index (χ0v) is 69.9. The van der Waals surface area contributed by atoms with Crippen molar-refractivity contribution in [1.82, 2.24) is 0 Å². The van der Waals surface area contributed by atoms with Crippen molar-refractivity contribution in [3.8, 4) is 20.9 Å². The Bertz CT molecular complexity index is 2010. The predicted octanol–water partition coefficient (Wildman–Crippen LogP) is 30.9. The van der Waals surface area contributed by atoms with Crippen LogP contribution >= 0.6 is 22.7 Å². The van der Waals surface area contributed by atoms with E-state index in [-0.39, 0.29) is 10.8 Å². The molecule has 5 rings (SSSR count). The zero-order chi connectivity index (χ0) is 64.4. The molecule has 90 heavy (non-hydrogen) atoms. The number of hydrogen-bond acceptors (Lipinski definition) is 2. The average molecular weight is 1490 g/mol. The SMILES string of the molecule is CCCCCCCCCCCCCCCCC1(CCCCCCCCCCCCCCCC)c2cc3c(cc2-c2s[c]([Sn]([CH3])([CH3])[CH3])cc21)C(CCCCCCCCCCCCCCCC)(CCCCCCCCCCCCCCCC)c1c[c]([Sn]([CH3])([CH3])[CH3])sc1-3. The molecule has 518 valence electrons. The molecule has 4 heteroatoms. The summed E-state index contributed by atoms with van der Waals surface area (Å²) in [5.41, 5.74) is 11.0. The van der Waals surface area contributed by atoms with E-state index in [9.17, 15) is 0 Å². The summed E-state index contributed by atoms with van der Waals surface area (Å²) in [5.74, 6) is 0. The molecule has 0 amide bonds. The molecule has 2 aliphatic rings. The number of fused-ring (bicyclic) bond motifs is 6. The predicted molar refractivity (Wildman–Crippen MR) is 420 cm³/mol. The summed E-state index contributed by atoms with van der Waals surface area (Å²) >= 11 is -0.177. The molecule has 0 nitrogen and oxygen atoms in total. The van der Waals surface area contributed by atoms with Gasteiger partial charge in [-0.05, 0) is 0 Å². The van der Waals surface area contributed by atoms with Gasteiger partial charge in [-0.25, -0.2) is 0 Å². The van der Waals surface area contributed by atoms with Crippen LogP contribution in [0.2, 0.25) is 29.6 Å². The number of benzene rings is 1. The molecule has 0 fully saturated rings. The maximum absolute atomic E-state index is 2.99. The molecule has 0 spiro atoms. The summed E-state index contributed by atoms with van der Waals surface area (Å²) in [5, 5.41) is 0. The minimum atomic E-state index is -2.41. The molecule has 2 aromatic heterocycles. The molecule has 2 heterocycles. The van der Waals surface area contributed by atoms with Gasteiger partial charge in [0.15, 0.2) is 0 Å². The van der Waals surface area contributed by atoms with Crippen LogP contribution in [0.3, 0.4) is 0 Å². The third-order valence-electron chi connectivity index (χ3n) is 22.5. The Balaban J connectivity index is 1.39. The van der Waals surface area contributed by atoms with Crippen molar-refractivity contribution in [2.45, 2.75) is 453 Å². The Morgan fingerprint density at radius 1 is 0.222 bits per heavy atom. The normalized spacial score (nSPS) is 14.1. The van der Waals surface area contributed by atoms with E-state index >= 15 is 0 Å². The second-order valence-electron chi connectivity index (χ2n) is 32.7. The van der Waals surface area contributed by atoms with Crippen LogP contribution in [0.25, 0.3) is 20.9 Å². The van der Waals surface area contributed by atoms with Gasteiger partial charge in [0.25, 0.3) is 0 Å². The maximum atomic E-state index is 2.99. The molecule has 3 aromatic rings. The van der Waals surface area contributed by atoms with Crippen molar-refractivity contribution in [2.24, 2.45) is 0 Å². The fraction of sp³-hybridized carbons (Fsp3) is 0.837. The molecule has 0 unspecified atom stereocenters. The first-order chi connectivity index (χ1) is 43.9. The summed E-state index contributed by atoms with van der Waals surface area (Å²) in [6.07, 6.45) is 86.2. The number of rotatable bonds is 62. The molecule has 0 saturated heterocycles. The van der Waals surface area contributed by atoms with E-state index in [4.69, 9.17) is 0 Å². The van der Waals surface area contributed by atoms with Crippen LogP contribution in [0, 0.1) is 0 Å². The summed E-state index contributed by atoms with van der Waals surface area (Å²) in [6.45, 7) is 9.37. The molecule has 1 aromatic carbocycles. The second kappa shape index (κ2) is 48.0. The van der Waals surface area contributed by atoms with Gasteiger partial charge >= 0.3 is 379 Å². The standard InChI is InChI=1S/C80H136S2.6CH3.2Sn/c1-5-9-13-17-21-25-29-33-37-41-45-49-53-57-63-79(64-58-54-50-46-42-38-34-30-26-22-18-14-10-6-2)73-61-67-81-77(73)71-70-76-72(69-75(71)79)78-74(62-68-82-78)80(76,65-59-55-51-47-43-39-35-31-27-23-19-15-11-7-3)66-60-56-52-48-44-40-36-32-28-24-20-16-12-8-4;;;;;;;;/h61-62,69-70H,5-60,63-66H2,1-4H3;6*1H3;;. The molecule has 2 aliphatic carbocycles. The van der Waals surface area contributed by atoms with Gasteiger partial charge in [-0.15, -0.1) is 0 Å². The summed E-state index contributed by atoms with van der Waals surface area (Å²) < 4.78 is 3.67. The molecule has 0 N–H and O–H groups in total. The van der Waals surface area contributed by atoms with Crippen LogP contribution < -0.4 is 5.79 Å². The topological polar surface area (TPSA) is 0 Å². The Labute approximate surface area is 580 Å². The van der Waals surface area contributed by atoms with Crippen LogP contribution in [0.5, 0.6) is 0 Å². The first kappa shape index (κ1) is 80.9. The van der Waals surface area contributed by atoms with Gasteiger partial charge in [0, 0.05) is 0 Å². The Morgan fingerprint density at radius 3 is 0.556 bits per heavy atom. The molecule has 0 bridgehead atoms. The van der Waals surface area contributed by atoms with E-state index in [1.807, 2.05) is 16.9 Å². The quantitative estimate of drug-likeness (QED) is 0.0390. The zero-order valence-electron chi connectivity index (χ0n) is 62.6. The van der Waals surface area contributed by atoms with Gasteiger partial charge in [-0.2, -0.15) is 0 Å². The summed E-state index contributed by atoms with van der Waals surface area (Å²) in [4.78, 5) is 19.8. The van der Waals surface area contributed by atoms with E-state index in [1.165, 1.54) is 385 Å². The fourth-order valence-corrected chi connectivity index (χ4v) is 29.5. The average Bonchev–Trinajstić information content (AvgIpc) is 1.53. The summed E-state index contributed by atoms with van der Waals surface area (Å²) in [7, 11) is 0. The Morgan fingerprint density at radius 2 is 0.389 bits per heavy atom. The van der Waals surface area contributed by atoms with Gasteiger partial charge in [-0.3, -0.25) is 0 Å². The number of hydrogen-bond donors (Lipinski definition) is 0. The second-order valence-corrected chi connectivity index (χ2v) is 65.6. The van der Waals surface area contributed by atoms with Crippen LogP contribution in [0.1, 0.15) is 435 Å². The van der Waals surface area contributed by atoms with Crippen molar-refractivity contribution in [3.63, 3.8) is 0 Å². The van der Waals surface area contributed by atoms with Crippen molar-refractivity contribution in [3.05, 3.63) is 46.5 Å². The Hall–Kier alpha value is 0.217. The third-order valence-corrected chi connectivity index (χ3v) is 43.7. The van der Waals surface area contributed by atoms with Crippen LogP contribution in [0.15, 0.2) is 24.3 Å². The molecule has 0 radical (unpaired) electrons. The van der Waals surface area contributed by atoms with Gasteiger partial charge in [0.1, 0.15) is 0 Å². The van der Waals surface area contributed by atoms with Crippen molar-refractivity contribution in [2.75, 3.05) is 0 Å². The first-order valence-corrected chi connectivity index (χ1v) is 63.0. The van der Waals surface area contributed by atoms with Gasteiger partial charge in [0.2, 0.25) is 0 Å². The molecule has 0 aliphatic heterocycles. The van der Waals surface area contributed by atoms with Gasteiger partial charge in [-0.1, -0.05) is 207 Å². The van der Waals surface area contributed by atoms with Crippen LogP contribution in [-0.2, 0) is 10.8 Å². The minimum absolute atomic E-state index is 0.165. The molecule has 0 atom stereocenters. The van der Waals surface area contributed by atoms with E-state index in [0.717, 1.165) is 0 Å². The van der Waals surface area contributed by atoms with Gasteiger partial charge < -0.3 is 0 Å². The van der Waals surface area contributed by atoms with E-state index < -0.39 is 36.8 Å². The fourth-order valence-electron chi connectivity index (χ4n) is 16.5. The van der Waals surface area contributed by atoms with Crippen LogP contribution in [-0.4, -0.2) is 36.8 Å². The van der Waals surface area contributed by atoms with Crippen molar-refractivity contribution >= 4 is 65.2 Å².